The molecule has 0 aromatic heterocycles. The Morgan fingerprint density at radius 1 is 1.27 bits per heavy atom. The van der Waals surface area contributed by atoms with Gasteiger partial charge in [-0.3, -0.25) is 9.69 Å². The molecule has 1 fully saturated rings. The molecule has 0 saturated carbocycles. The Hall–Kier alpha value is -2.12. The molecule has 7 heteroatoms. The number of rotatable bonds is 7. The molecular formula is C19H30N4O3. The van der Waals surface area contributed by atoms with Crippen LogP contribution in [-0.4, -0.2) is 68.2 Å². The van der Waals surface area contributed by atoms with Crippen molar-refractivity contribution in [3.8, 4) is 0 Å². The lowest BCUT2D eigenvalue weighted by molar-refractivity contribution is -0.119. The second kappa shape index (κ2) is 10.1. The number of hydrogen-bond donors (Lipinski definition) is 2. The fourth-order valence-electron chi connectivity index (χ4n) is 3.09. The fourth-order valence-corrected chi connectivity index (χ4v) is 3.09. The van der Waals surface area contributed by atoms with Crippen molar-refractivity contribution in [3.05, 3.63) is 24.3 Å². The first-order valence-electron chi connectivity index (χ1n) is 9.14. The summed E-state index contributed by atoms with van der Waals surface area (Å²) >= 11 is 0. The van der Waals surface area contributed by atoms with Gasteiger partial charge < -0.3 is 20.3 Å². The number of carbonyl (C=O) groups excluding carboxylic acids is 2. The number of carbonyl (C=O) groups is 2. The summed E-state index contributed by atoms with van der Waals surface area (Å²) in [6.45, 7) is 4.93. The van der Waals surface area contributed by atoms with Crippen LogP contribution in [0.3, 0.4) is 0 Å². The molecule has 1 atom stereocenters. The first-order chi connectivity index (χ1) is 12.5. The maximum absolute atomic E-state index is 12.4. The molecule has 7 nitrogen and oxygen atoms in total. The number of amides is 3. The van der Waals surface area contributed by atoms with Crippen molar-refractivity contribution in [2.45, 2.75) is 32.2 Å². The van der Waals surface area contributed by atoms with Crippen LogP contribution in [-0.2, 0) is 9.53 Å². The first kappa shape index (κ1) is 20.2. The van der Waals surface area contributed by atoms with E-state index < -0.39 is 0 Å². The topological polar surface area (TPSA) is 73.9 Å². The van der Waals surface area contributed by atoms with Gasteiger partial charge >= 0.3 is 6.03 Å². The van der Waals surface area contributed by atoms with E-state index >= 15 is 0 Å². The summed E-state index contributed by atoms with van der Waals surface area (Å²) in [4.78, 5) is 28.1. The molecule has 1 heterocycles. The predicted molar refractivity (Wildman–Crippen MR) is 103 cm³/mol. The summed E-state index contributed by atoms with van der Waals surface area (Å²) < 4.78 is 4.79. The number of likely N-dealkylation sites (tertiary alicyclic amines) is 1. The van der Waals surface area contributed by atoms with Crippen LogP contribution in [0, 0.1) is 0 Å². The number of urea groups is 1. The van der Waals surface area contributed by atoms with Crippen LogP contribution in [0.4, 0.5) is 16.2 Å². The van der Waals surface area contributed by atoms with Gasteiger partial charge in [0.15, 0.2) is 0 Å². The number of likely N-dealkylation sites (N-methyl/N-ethyl adjacent to an activating group) is 1. The number of benzene rings is 1. The van der Waals surface area contributed by atoms with E-state index in [1.807, 2.05) is 0 Å². The zero-order chi connectivity index (χ0) is 18.9. The van der Waals surface area contributed by atoms with E-state index in [-0.39, 0.29) is 18.5 Å². The number of ether oxygens (including phenoxy) is 1. The third-order valence-corrected chi connectivity index (χ3v) is 4.68. The minimum absolute atomic E-state index is 0.00571. The smallest absolute Gasteiger partial charge is 0.321 e. The Kier molecular flexibility index (Phi) is 7.87. The van der Waals surface area contributed by atoms with Gasteiger partial charge in [0.2, 0.25) is 5.91 Å². The molecule has 0 radical (unpaired) electrons. The summed E-state index contributed by atoms with van der Waals surface area (Å²) in [6, 6.07) is 7.51. The Balaban J connectivity index is 1.83. The summed E-state index contributed by atoms with van der Waals surface area (Å²) in [7, 11) is 3.27. The summed E-state index contributed by atoms with van der Waals surface area (Å²) in [5.74, 6) is -0.233. The molecule has 1 aromatic rings. The van der Waals surface area contributed by atoms with Crippen molar-refractivity contribution in [1.29, 1.82) is 0 Å². The van der Waals surface area contributed by atoms with E-state index in [1.54, 1.807) is 36.2 Å². The highest BCUT2D eigenvalue weighted by Crippen LogP contribution is 2.17. The number of methoxy groups -OCH3 is 1. The van der Waals surface area contributed by atoms with Gasteiger partial charge in [-0.2, -0.15) is 0 Å². The zero-order valence-electron chi connectivity index (χ0n) is 16.0. The molecule has 1 aliphatic rings. The lowest BCUT2D eigenvalue weighted by atomic mass is 10.0. The summed E-state index contributed by atoms with van der Waals surface area (Å²) in [5, 5.41) is 5.60. The number of hydrogen-bond acceptors (Lipinski definition) is 4. The van der Waals surface area contributed by atoms with Crippen molar-refractivity contribution in [1.82, 2.24) is 9.80 Å². The quantitative estimate of drug-likeness (QED) is 0.782. The van der Waals surface area contributed by atoms with Crippen LogP contribution in [0.25, 0.3) is 0 Å². The second-order valence-corrected chi connectivity index (χ2v) is 6.79. The molecule has 1 unspecified atom stereocenters. The van der Waals surface area contributed by atoms with Crippen molar-refractivity contribution in [2.75, 3.05) is 51.0 Å². The summed E-state index contributed by atoms with van der Waals surface area (Å²) in [5.41, 5.74) is 1.26. The lowest BCUT2D eigenvalue weighted by Gasteiger charge is -2.34. The van der Waals surface area contributed by atoms with Gasteiger partial charge in [0.1, 0.15) is 6.61 Å². The number of nitrogens with zero attached hydrogens (tertiary/aromatic N) is 2. The Bertz CT molecular complexity index is 608. The highest BCUT2D eigenvalue weighted by atomic mass is 16.5. The van der Waals surface area contributed by atoms with Gasteiger partial charge in [0, 0.05) is 44.7 Å². The van der Waals surface area contributed by atoms with E-state index in [0.717, 1.165) is 13.1 Å². The third kappa shape index (κ3) is 6.31. The van der Waals surface area contributed by atoms with Crippen molar-refractivity contribution in [2.24, 2.45) is 0 Å². The molecule has 0 bridgehead atoms. The van der Waals surface area contributed by atoms with Gasteiger partial charge in [0.25, 0.3) is 0 Å². The van der Waals surface area contributed by atoms with E-state index in [1.165, 1.54) is 26.4 Å². The Morgan fingerprint density at radius 2 is 2.00 bits per heavy atom. The van der Waals surface area contributed by atoms with E-state index in [9.17, 15) is 9.59 Å². The molecule has 26 heavy (non-hydrogen) atoms. The van der Waals surface area contributed by atoms with E-state index in [2.05, 4.69) is 22.5 Å². The molecule has 1 saturated heterocycles. The Labute approximate surface area is 155 Å². The van der Waals surface area contributed by atoms with Crippen molar-refractivity contribution < 1.29 is 14.3 Å². The Morgan fingerprint density at radius 3 is 2.69 bits per heavy atom. The average Bonchev–Trinajstić information content (AvgIpc) is 2.61. The minimum Gasteiger partial charge on any atom is -0.375 e. The molecule has 1 aliphatic heterocycles. The standard InChI is InChI=1S/C19H30N4O3/c1-15-7-4-5-10-23(15)12-11-22(2)19(25)21-17-9-6-8-16(13-17)20-18(24)14-26-3/h6,8-9,13,15H,4-5,7,10-12,14H2,1-3H3,(H,20,24)(H,21,25). The van der Waals surface area contributed by atoms with Crippen LogP contribution in [0.15, 0.2) is 24.3 Å². The maximum atomic E-state index is 12.4. The lowest BCUT2D eigenvalue weighted by Crippen LogP contribution is -2.43. The first-order valence-corrected chi connectivity index (χ1v) is 9.14. The van der Waals surface area contributed by atoms with Crippen LogP contribution < -0.4 is 10.6 Å². The molecule has 0 spiro atoms. The number of nitrogens with one attached hydrogen (secondary N) is 2. The molecule has 1 aromatic carbocycles. The maximum Gasteiger partial charge on any atom is 0.321 e. The molecule has 2 rings (SSSR count). The van der Waals surface area contributed by atoms with E-state index in [4.69, 9.17) is 4.74 Å². The molecular weight excluding hydrogens is 332 g/mol. The van der Waals surface area contributed by atoms with Crippen molar-refractivity contribution >= 4 is 23.3 Å². The number of anilines is 2. The van der Waals surface area contributed by atoms with E-state index in [0.29, 0.717) is 24.0 Å². The molecule has 2 N–H and O–H groups in total. The minimum atomic E-state index is -0.233. The van der Waals surface area contributed by atoms with Gasteiger partial charge in [-0.25, -0.2) is 4.79 Å². The summed E-state index contributed by atoms with van der Waals surface area (Å²) in [6.07, 6.45) is 3.77. The SMILES string of the molecule is COCC(=O)Nc1cccc(NC(=O)N(C)CCN2CCCCC2C)c1. The monoisotopic (exact) mass is 362 g/mol. The average molecular weight is 362 g/mol. The van der Waals surface area contributed by atoms with Crippen LogP contribution >= 0.6 is 0 Å². The highest BCUT2D eigenvalue weighted by molar-refractivity contribution is 5.94. The highest BCUT2D eigenvalue weighted by Gasteiger charge is 2.19. The van der Waals surface area contributed by atoms with Crippen molar-refractivity contribution in [3.63, 3.8) is 0 Å². The van der Waals surface area contributed by atoms with Gasteiger partial charge in [-0.15, -0.1) is 0 Å². The molecule has 3 amide bonds. The third-order valence-electron chi connectivity index (χ3n) is 4.68. The molecule has 0 aliphatic carbocycles. The normalized spacial score (nSPS) is 17.6. The zero-order valence-corrected chi connectivity index (χ0v) is 16.0. The van der Waals surface area contributed by atoms with Crippen LogP contribution in [0.1, 0.15) is 26.2 Å². The number of piperidine rings is 1. The molecule has 144 valence electrons. The van der Waals surface area contributed by atoms with Gasteiger partial charge in [-0.05, 0) is 44.5 Å². The second-order valence-electron chi connectivity index (χ2n) is 6.79. The fraction of sp³-hybridized carbons (Fsp3) is 0.579. The predicted octanol–water partition coefficient (Wildman–Crippen LogP) is 2.61. The van der Waals surface area contributed by atoms with Crippen LogP contribution in [0.5, 0.6) is 0 Å². The van der Waals surface area contributed by atoms with Gasteiger partial charge in [0.05, 0.1) is 0 Å². The van der Waals surface area contributed by atoms with Gasteiger partial charge in [-0.1, -0.05) is 12.5 Å². The van der Waals surface area contributed by atoms with Crippen LogP contribution in [0.2, 0.25) is 0 Å². The largest absolute Gasteiger partial charge is 0.375 e.